The van der Waals surface area contributed by atoms with Crippen molar-refractivity contribution in [3.63, 3.8) is 0 Å². The standard InChI is InChI=1S/C17H8F4N2OS/c1-2-5-23-15-13(21)7-10(19)8-14(15)25-17(23)22-16(24)11-4-3-9(18)6-12(11)20/h1,3-4,6-8H,5H2. The molecule has 1 amide bonds. The Bertz CT molecular complexity index is 1110. The van der Waals surface area contributed by atoms with Crippen LogP contribution in [-0.2, 0) is 6.54 Å². The molecular weight excluding hydrogens is 356 g/mol. The molecular formula is C17H8F4N2OS. The molecule has 3 rings (SSSR count). The molecule has 0 aliphatic heterocycles. The Kier molecular flexibility index (Phi) is 4.42. The first kappa shape index (κ1) is 16.9. The number of terminal acetylenes is 1. The van der Waals surface area contributed by atoms with Gasteiger partial charge in [-0.25, -0.2) is 17.6 Å². The second kappa shape index (κ2) is 6.53. The predicted molar refractivity (Wildman–Crippen MR) is 84.8 cm³/mol. The molecule has 126 valence electrons. The van der Waals surface area contributed by atoms with Crippen molar-refractivity contribution in [2.24, 2.45) is 4.99 Å². The number of rotatable bonds is 2. The minimum atomic E-state index is -1.07. The number of halogens is 4. The average molecular weight is 364 g/mol. The summed E-state index contributed by atoms with van der Waals surface area (Å²) in [6.07, 6.45) is 5.25. The largest absolute Gasteiger partial charge is 0.302 e. The molecule has 0 aliphatic rings. The number of hydrogen-bond donors (Lipinski definition) is 0. The van der Waals surface area contributed by atoms with Crippen LogP contribution in [0.15, 0.2) is 35.3 Å². The lowest BCUT2D eigenvalue weighted by atomic mass is 10.2. The number of thiazole rings is 1. The first-order chi connectivity index (χ1) is 11.9. The van der Waals surface area contributed by atoms with E-state index in [1.807, 2.05) is 0 Å². The molecule has 1 aromatic heterocycles. The highest BCUT2D eigenvalue weighted by Gasteiger charge is 2.16. The fourth-order valence-electron chi connectivity index (χ4n) is 2.26. The van der Waals surface area contributed by atoms with E-state index in [0.717, 1.165) is 29.5 Å². The molecule has 25 heavy (non-hydrogen) atoms. The summed E-state index contributed by atoms with van der Waals surface area (Å²) >= 11 is 0.828. The molecule has 0 unspecified atom stereocenters. The zero-order valence-corrected chi connectivity index (χ0v) is 13.2. The lowest BCUT2D eigenvalue weighted by Crippen LogP contribution is -2.17. The van der Waals surface area contributed by atoms with Crippen LogP contribution in [0.1, 0.15) is 10.4 Å². The Labute approximate surface area is 142 Å². The summed E-state index contributed by atoms with van der Waals surface area (Å²) in [4.78, 5) is 15.9. The molecule has 1 heterocycles. The minimum Gasteiger partial charge on any atom is -0.302 e. The minimum absolute atomic E-state index is 0.00419. The lowest BCUT2D eigenvalue weighted by molar-refractivity contribution is 0.0994. The van der Waals surface area contributed by atoms with E-state index in [0.29, 0.717) is 12.1 Å². The Hall–Kier alpha value is -2.92. The van der Waals surface area contributed by atoms with E-state index in [9.17, 15) is 22.4 Å². The van der Waals surface area contributed by atoms with Crippen LogP contribution in [0.5, 0.6) is 0 Å². The van der Waals surface area contributed by atoms with E-state index in [2.05, 4.69) is 10.9 Å². The molecule has 0 spiro atoms. The Balaban J connectivity index is 2.22. The van der Waals surface area contributed by atoms with Crippen molar-refractivity contribution >= 4 is 27.5 Å². The zero-order chi connectivity index (χ0) is 18.1. The predicted octanol–water partition coefficient (Wildman–Crippen LogP) is 3.63. The molecule has 0 radical (unpaired) electrons. The summed E-state index contributed by atoms with van der Waals surface area (Å²) < 4.78 is 55.5. The number of fused-ring (bicyclic) bond motifs is 1. The van der Waals surface area contributed by atoms with E-state index in [1.54, 1.807) is 0 Å². The van der Waals surface area contributed by atoms with Gasteiger partial charge in [-0.3, -0.25) is 4.79 Å². The van der Waals surface area contributed by atoms with Crippen LogP contribution in [-0.4, -0.2) is 10.5 Å². The molecule has 8 heteroatoms. The number of nitrogens with zero attached hydrogens (tertiary/aromatic N) is 2. The van der Waals surface area contributed by atoms with Gasteiger partial charge in [0, 0.05) is 12.1 Å². The fraction of sp³-hybridized carbons (Fsp3) is 0.0588. The van der Waals surface area contributed by atoms with Crippen LogP contribution in [0.2, 0.25) is 0 Å². The van der Waals surface area contributed by atoms with Gasteiger partial charge in [0.15, 0.2) is 10.6 Å². The van der Waals surface area contributed by atoms with Gasteiger partial charge in [0.25, 0.3) is 5.91 Å². The van der Waals surface area contributed by atoms with Crippen molar-refractivity contribution in [3.8, 4) is 12.3 Å². The van der Waals surface area contributed by atoms with Crippen molar-refractivity contribution in [2.45, 2.75) is 6.54 Å². The van der Waals surface area contributed by atoms with Crippen molar-refractivity contribution in [1.29, 1.82) is 0 Å². The average Bonchev–Trinajstić information content (AvgIpc) is 2.85. The number of hydrogen-bond acceptors (Lipinski definition) is 2. The van der Waals surface area contributed by atoms with Gasteiger partial charge < -0.3 is 4.57 Å². The number of carbonyl (C=O) groups is 1. The fourth-order valence-corrected chi connectivity index (χ4v) is 3.33. The summed E-state index contributed by atoms with van der Waals surface area (Å²) in [7, 11) is 0. The highest BCUT2D eigenvalue weighted by atomic mass is 32.1. The number of aromatic nitrogens is 1. The van der Waals surface area contributed by atoms with E-state index in [-0.39, 0.29) is 21.6 Å². The highest BCUT2D eigenvalue weighted by Crippen LogP contribution is 2.22. The van der Waals surface area contributed by atoms with Crippen LogP contribution in [0.4, 0.5) is 17.6 Å². The Morgan fingerprint density at radius 3 is 2.52 bits per heavy atom. The topological polar surface area (TPSA) is 34.4 Å². The molecule has 3 aromatic rings. The Morgan fingerprint density at radius 2 is 1.84 bits per heavy atom. The second-order valence-corrected chi connectivity index (χ2v) is 5.96. The van der Waals surface area contributed by atoms with Crippen LogP contribution < -0.4 is 4.80 Å². The van der Waals surface area contributed by atoms with E-state index < -0.39 is 34.7 Å². The van der Waals surface area contributed by atoms with Gasteiger partial charge in [-0.05, 0) is 18.2 Å². The summed E-state index contributed by atoms with van der Waals surface area (Å²) in [5.41, 5.74) is -0.451. The third-order valence-electron chi connectivity index (χ3n) is 3.30. The van der Waals surface area contributed by atoms with Crippen LogP contribution >= 0.6 is 11.3 Å². The third-order valence-corrected chi connectivity index (χ3v) is 4.33. The van der Waals surface area contributed by atoms with Crippen molar-refractivity contribution < 1.29 is 22.4 Å². The maximum absolute atomic E-state index is 14.1. The van der Waals surface area contributed by atoms with Gasteiger partial charge in [-0.1, -0.05) is 17.3 Å². The van der Waals surface area contributed by atoms with Gasteiger partial charge in [-0.15, -0.1) is 6.42 Å². The lowest BCUT2D eigenvalue weighted by Gasteiger charge is -2.01. The quantitative estimate of drug-likeness (QED) is 0.505. The number of benzene rings is 2. The smallest absolute Gasteiger partial charge is 0.282 e. The van der Waals surface area contributed by atoms with Crippen LogP contribution in [0.25, 0.3) is 10.2 Å². The summed E-state index contributed by atoms with van der Waals surface area (Å²) in [5.74, 6) is -2.26. The van der Waals surface area contributed by atoms with Gasteiger partial charge in [-0.2, -0.15) is 4.99 Å². The molecule has 0 aliphatic carbocycles. The van der Waals surface area contributed by atoms with E-state index >= 15 is 0 Å². The summed E-state index contributed by atoms with van der Waals surface area (Å²) in [5, 5.41) is 0. The van der Waals surface area contributed by atoms with Gasteiger partial charge >= 0.3 is 0 Å². The first-order valence-corrected chi connectivity index (χ1v) is 7.68. The summed E-state index contributed by atoms with van der Waals surface area (Å²) in [6, 6.07) is 4.19. The van der Waals surface area contributed by atoms with E-state index in [4.69, 9.17) is 6.42 Å². The third kappa shape index (κ3) is 3.19. The Morgan fingerprint density at radius 1 is 1.12 bits per heavy atom. The van der Waals surface area contributed by atoms with Crippen molar-refractivity contribution in [3.05, 3.63) is 64.0 Å². The molecule has 0 N–H and O–H groups in total. The molecule has 0 saturated carbocycles. The number of amides is 1. The van der Waals surface area contributed by atoms with Gasteiger partial charge in [0.05, 0.1) is 22.3 Å². The molecule has 3 nitrogen and oxygen atoms in total. The highest BCUT2D eigenvalue weighted by molar-refractivity contribution is 7.16. The first-order valence-electron chi connectivity index (χ1n) is 6.86. The molecule has 2 aromatic carbocycles. The zero-order valence-electron chi connectivity index (χ0n) is 12.4. The SMILES string of the molecule is C#CCn1c(=NC(=O)c2ccc(F)cc2F)sc2cc(F)cc(F)c21. The van der Waals surface area contributed by atoms with Gasteiger partial charge in [0.1, 0.15) is 17.5 Å². The van der Waals surface area contributed by atoms with Crippen LogP contribution in [0.3, 0.4) is 0 Å². The van der Waals surface area contributed by atoms with Crippen molar-refractivity contribution in [1.82, 2.24) is 4.57 Å². The molecule has 0 bridgehead atoms. The normalized spacial score (nSPS) is 11.7. The van der Waals surface area contributed by atoms with Crippen molar-refractivity contribution in [2.75, 3.05) is 0 Å². The van der Waals surface area contributed by atoms with Gasteiger partial charge in [0.2, 0.25) is 0 Å². The maximum Gasteiger partial charge on any atom is 0.282 e. The summed E-state index contributed by atoms with van der Waals surface area (Å²) in [6.45, 7) is -0.124. The van der Waals surface area contributed by atoms with E-state index in [1.165, 1.54) is 4.57 Å². The molecule has 0 fully saturated rings. The monoisotopic (exact) mass is 364 g/mol. The van der Waals surface area contributed by atoms with Crippen LogP contribution in [0, 0.1) is 35.6 Å². The maximum atomic E-state index is 14.1. The number of carbonyl (C=O) groups excluding carboxylic acids is 1. The molecule has 0 atom stereocenters. The molecule has 0 saturated heterocycles. The second-order valence-electron chi connectivity index (χ2n) is 4.95.